The van der Waals surface area contributed by atoms with Crippen LogP contribution in [0.2, 0.25) is 0 Å². The Balaban J connectivity index is 1.94. The molecule has 0 unspecified atom stereocenters. The van der Waals surface area contributed by atoms with Crippen LogP contribution in [0.4, 0.5) is 5.69 Å². The van der Waals surface area contributed by atoms with E-state index in [0.29, 0.717) is 32.1 Å². The molecule has 0 saturated heterocycles. The highest BCUT2D eigenvalue weighted by atomic mass is 79.9. The molecule has 0 N–H and O–H groups in total. The van der Waals surface area contributed by atoms with Gasteiger partial charge in [0.2, 0.25) is 0 Å². The summed E-state index contributed by atoms with van der Waals surface area (Å²) in [5, 5.41) is 0. The highest BCUT2D eigenvalue weighted by Crippen LogP contribution is 2.34. The molecule has 2 aromatic carbocycles. The molecule has 2 heterocycles. The molecule has 0 spiro atoms. The summed E-state index contributed by atoms with van der Waals surface area (Å²) in [4.78, 5) is 34.0. The van der Waals surface area contributed by atoms with E-state index in [9.17, 15) is 9.59 Å². The van der Waals surface area contributed by atoms with E-state index < -0.39 is 12.0 Å². The van der Waals surface area contributed by atoms with Crippen molar-refractivity contribution in [2.75, 3.05) is 39.8 Å². The van der Waals surface area contributed by atoms with Gasteiger partial charge in [0, 0.05) is 24.3 Å². The first-order valence-electron chi connectivity index (χ1n) is 11.6. The lowest BCUT2D eigenvalue weighted by atomic mass is 9.95. The number of methoxy groups -OCH3 is 2. The van der Waals surface area contributed by atoms with Gasteiger partial charge in [0.1, 0.15) is 0 Å². The summed E-state index contributed by atoms with van der Waals surface area (Å²) < 4.78 is 19.0. The van der Waals surface area contributed by atoms with E-state index in [1.54, 1.807) is 50.8 Å². The zero-order valence-corrected chi connectivity index (χ0v) is 23.9. The minimum Gasteiger partial charge on any atom is -0.493 e. The van der Waals surface area contributed by atoms with Gasteiger partial charge in [-0.1, -0.05) is 39.4 Å². The number of benzene rings is 2. The van der Waals surface area contributed by atoms with Gasteiger partial charge in [-0.25, -0.2) is 9.79 Å². The number of thiazole rings is 1. The molecule has 0 amide bonds. The third kappa shape index (κ3) is 5.08. The predicted molar refractivity (Wildman–Crippen MR) is 148 cm³/mol. The Kier molecular flexibility index (Phi) is 7.89. The van der Waals surface area contributed by atoms with Crippen LogP contribution in [0.1, 0.15) is 31.0 Å². The van der Waals surface area contributed by atoms with Crippen molar-refractivity contribution in [3.8, 4) is 11.5 Å². The van der Waals surface area contributed by atoms with Crippen molar-refractivity contribution in [2.24, 2.45) is 4.99 Å². The summed E-state index contributed by atoms with van der Waals surface area (Å²) in [6.45, 7) is 3.75. The summed E-state index contributed by atoms with van der Waals surface area (Å²) in [7, 11) is 7.04. The number of hydrogen-bond donors (Lipinski definition) is 0. The lowest BCUT2D eigenvalue weighted by molar-refractivity contribution is -0.139. The smallest absolute Gasteiger partial charge is 0.338 e. The molecule has 1 atom stereocenters. The minimum atomic E-state index is -0.664. The van der Waals surface area contributed by atoms with E-state index in [1.807, 2.05) is 43.3 Å². The van der Waals surface area contributed by atoms with Gasteiger partial charge in [-0.3, -0.25) is 9.36 Å². The highest BCUT2D eigenvalue weighted by Gasteiger charge is 2.33. The summed E-state index contributed by atoms with van der Waals surface area (Å²) in [6.07, 6.45) is 1.78. The molecule has 0 saturated carbocycles. The first-order chi connectivity index (χ1) is 17.7. The molecular weight excluding hydrogens is 558 g/mol. The molecule has 0 fully saturated rings. The van der Waals surface area contributed by atoms with Crippen LogP contribution in [0.3, 0.4) is 0 Å². The topological polar surface area (TPSA) is 82.4 Å². The van der Waals surface area contributed by atoms with Crippen LogP contribution in [0, 0.1) is 0 Å². The van der Waals surface area contributed by atoms with Gasteiger partial charge < -0.3 is 19.1 Å². The maximum Gasteiger partial charge on any atom is 0.338 e. The fourth-order valence-corrected chi connectivity index (χ4v) is 5.66. The number of aromatic nitrogens is 1. The van der Waals surface area contributed by atoms with E-state index in [4.69, 9.17) is 14.2 Å². The molecule has 1 aromatic heterocycles. The molecule has 4 rings (SSSR count). The maximum absolute atomic E-state index is 13.8. The van der Waals surface area contributed by atoms with Gasteiger partial charge in [0.05, 0.1) is 42.7 Å². The van der Waals surface area contributed by atoms with Crippen molar-refractivity contribution in [3.05, 3.63) is 83.0 Å². The summed E-state index contributed by atoms with van der Waals surface area (Å²) in [5.41, 5.74) is 3.18. The third-order valence-corrected chi connectivity index (χ3v) is 7.70. The number of anilines is 1. The Labute approximate surface area is 227 Å². The summed E-state index contributed by atoms with van der Waals surface area (Å²) >= 11 is 4.83. The molecule has 0 aliphatic carbocycles. The lowest BCUT2D eigenvalue weighted by Gasteiger charge is -2.25. The summed E-state index contributed by atoms with van der Waals surface area (Å²) in [6, 6.07) is 10.7. The SMILES string of the molecule is CCOC(=O)C1=C(C)N=c2s/c(=C/c3cc(OC)c(OC)cc3Br)c(=O)n2[C@H]1c1ccc(N(C)C)cc1. The van der Waals surface area contributed by atoms with Gasteiger partial charge in [0.25, 0.3) is 5.56 Å². The van der Waals surface area contributed by atoms with Gasteiger partial charge >= 0.3 is 5.97 Å². The van der Waals surface area contributed by atoms with E-state index in [-0.39, 0.29) is 12.2 Å². The van der Waals surface area contributed by atoms with Gasteiger partial charge in [-0.2, -0.15) is 0 Å². The number of rotatable bonds is 7. The number of allylic oxidation sites excluding steroid dienone is 1. The average molecular weight is 587 g/mol. The van der Waals surface area contributed by atoms with E-state index in [2.05, 4.69) is 20.9 Å². The molecule has 3 aromatic rings. The van der Waals surface area contributed by atoms with Crippen LogP contribution < -0.4 is 29.3 Å². The van der Waals surface area contributed by atoms with Gasteiger partial charge in [-0.15, -0.1) is 0 Å². The van der Waals surface area contributed by atoms with Crippen LogP contribution in [-0.2, 0) is 9.53 Å². The number of fused-ring (bicyclic) bond motifs is 1. The van der Waals surface area contributed by atoms with Crippen LogP contribution >= 0.6 is 27.3 Å². The van der Waals surface area contributed by atoms with Gasteiger partial charge in [0.15, 0.2) is 16.3 Å². The number of carbonyl (C=O) groups excluding carboxylic acids is 1. The second kappa shape index (κ2) is 10.9. The standard InChI is InChI=1S/C27H28BrN3O5S/c1-7-36-26(33)23-15(2)29-27-31(24(23)16-8-10-18(11-9-16)30(3)4)25(32)22(37-27)13-17-12-20(34-5)21(35-6)14-19(17)28/h8-14,24H,7H2,1-6H3/b22-13+/t24-/m0/s1. The Bertz CT molecular complexity index is 1550. The Morgan fingerprint density at radius 1 is 1.16 bits per heavy atom. The van der Waals surface area contributed by atoms with Crippen LogP contribution in [0.5, 0.6) is 11.5 Å². The van der Waals surface area contributed by atoms with Crippen molar-refractivity contribution < 1.29 is 19.0 Å². The van der Waals surface area contributed by atoms with E-state index in [1.165, 1.54) is 11.3 Å². The highest BCUT2D eigenvalue weighted by molar-refractivity contribution is 9.10. The minimum absolute atomic E-state index is 0.222. The zero-order valence-electron chi connectivity index (χ0n) is 21.5. The maximum atomic E-state index is 13.8. The first-order valence-corrected chi connectivity index (χ1v) is 13.2. The molecule has 194 valence electrons. The predicted octanol–water partition coefficient (Wildman–Crippen LogP) is 3.64. The number of hydrogen-bond acceptors (Lipinski definition) is 8. The normalized spacial score (nSPS) is 15.2. The third-order valence-electron chi connectivity index (χ3n) is 6.03. The number of ether oxygens (including phenoxy) is 3. The number of carbonyl (C=O) groups is 1. The van der Waals surface area contributed by atoms with E-state index in [0.717, 1.165) is 21.3 Å². The molecule has 10 heteroatoms. The molecule has 37 heavy (non-hydrogen) atoms. The molecule has 0 radical (unpaired) electrons. The Morgan fingerprint density at radius 2 is 1.81 bits per heavy atom. The number of nitrogens with zero attached hydrogens (tertiary/aromatic N) is 3. The van der Waals surface area contributed by atoms with Crippen LogP contribution in [-0.4, -0.2) is 45.5 Å². The number of esters is 1. The second-order valence-corrected chi connectivity index (χ2v) is 10.4. The monoisotopic (exact) mass is 585 g/mol. The fourth-order valence-electron chi connectivity index (χ4n) is 4.18. The quantitative estimate of drug-likeness (QED) is 0.394. The Morgan fingerprint density at radius 3 is 2.41 bits per heavy atom. The van der Waals surface area contributed by atoms with Crippen molar-refractivity contribution in [3.63, 3.8) is 0 Å². The van der Waals surface area contributed by atoms with Crippen molar-refractivity contribution in [1.29, 1.82) is 0 Å². The first kappa shape index (κ1) is 26.7. The second-order valence-electron chi connectivity index (χ2n) is 8.52. The molecule has 8 nitrogen and oxygen atoms in total. The summed E-state index contributed by atoms with van der Waals surface area (Å²) in [5.74, 6) is 0.634. The molecule has 1 aliphatic rings. The average Bonchev–Trinajstić information content (AvgIpc) is 3.18. The van der Waals surface area contributed by atoms with Crippen molar-refractivity contribution in [2.45, 2.75) is 19.9 Å². The lowest BCUT2D eigenvalue weighted by Crippen LogP contribution is -2.40. The molecule has 0 bridgehead atoms. The largest absolute Gasteiger partial charge is 0.493 e. The van der Waals surface area contributed by atoms with Gasteiger partial charge in [-0.05, 0) is 55.3 Å². The van der Waals surface area contributed by atoms with Crippen LogP contribution in [0.15, 0.2) is 61.9 Å². The zero-order chi connectivity index (χ0) is 26.9. The number of halogens is 1. The van der Waals surface area contributed by atoms with Crippen molar-refractivity contribution >= 4 is 45.0 Å². The molecule has 1 aliphatic heterocycles. The van der Waals surface area contributed by atoms with Crippen LogP contribution in [0.25, 0.3) is 6.08 Å². The Hall–Kier alpha value is -3.37. The van der Waals surface area contributed by atoms with Crippen molar-refractivity contribution in [1.82, 2.24) is 4.57 Å². The van der Waals surface area contributed by atoms with E-state index >= 15 is 0 Å². The molecular formula is C27H28BrN3O5S. The fraction of sp³-hybridized carbons (Fsp3) is 0.296.